The standard InChI is InChI=1S/C12H14Cl2FNO/c13-6-1-2-7-16-12(17)8-9-10(14)4-3-5-11(9)15/h3-5H,1-2,6-8H2,(H,16,17). The minimum Gasteiger partial charge on any atom is -0.356 e. The Morgan fingerprint density at radius 3 is 2.76 bits per heavy atom. The maximum absolute atomic E-state index is 13.4. The first-order valence-electron chi connectivity index (χ1n) is 5.40. The number of nitrogens with one attached hydrogen (secondary N) is 1. The molecular formula is C12H14Cl2FNO. The summed E-state index contributed by atoms with van der Waals surface area (Å²) in [6.07, 6.45) is 1.63. The molecule has 0 fully saturated rings. The maximum atomic E-state index is 13.4. The smallest absolute Gasteiger partial charge is 0.224 e. The van der Waals surface area contributed by atoms with Crippen molar-refractivity contribution in [3.63, 3.8) is 0 Å². The third kappa shape index (κ3) is 4.92. The number of rotatable bonds is 6. The number of carbonyl (C=O) groups excluding carboxylic acids is 1. The Balaban J connectivity index is 2.45. The van der Waals surface area contributed by atoms with Crippen LogP contribution in [0.15, 0.2) is 18.2 Å². The maximum Gasteiger partial charge on any atom is 0.224 e. The van der Waals surface area contributed by atoms with E-state index in [0.717, 1.165) is 12.8 Å². The summed E-state index contributed by atoms with van der Waals surface area (Å²) in [6, 6.07) is 4.38. The van der Waals surface area contributed by atoms with Crippen LogP contribution >= 0.6 is 23.2 Å². The summed E-state index contributed by atoms with van der Waals surface area (Å²) in [6.45, 7) is 0.553. The SMILES string of the molecule is O=C(Cc1c(F)cccc1Cl)NCCCCCl. The second kappa shape index (κ2) is 7.51. The van der Waals surface area contributed by atoms with Gasteiger partial charge in [-0.2, -0.15) is 0 Å². The van der Waals surface area contributed by atoms with Gasteiger partial charge < -0.3 is 5.32 Å². The fourth-order valence-corrected chi connectivity index (χ4v) is 1.79. The van der Waals surface area contributed by atoms with Gasteiger partial charge in [0.25, 0.3) is 0 Å². The molecule has 0 heterocycles. The van der Waals surface area contributed by atoms with E-state index in [1.54, 1.807) is 6.07 Å². The zero-order valence-electron chi connectivity index (χ0n) is 9.31. The largest absolute Gasteiger partial charge is 0.356 e. The van der Waals surface area contributed by atoms with Crippen molar-refractivity contribution in [1.82, 2.24) is 5.32 Å². The van der Waals surface area contributed by atoms with Crippen molar-refractivity contribution in [3.05, 3.63) is 34.6 Å². The molecule has 0 aromatic heterocycles. The van der Waals surface area contributed by atoms with E-state index in [1.165, 1.54) is 12.1 Å². The first kappa shape index (κ1) is 14.3. The van der Waals surface area contributed by atoms with Gasteiger partial charge in [-0.25, -0.2) is 4.39 Å². The first-order chi connectivity index (χ1) is 8.15. The molecule has 5 heteroatoms. The number of unbranched alkanes of at least 4 members (excludes halogenated alkanes) is 1. The zero-order chi connectivity index (χ0) is 12.7. The summed E-state index contributed by atoms with van der Waals surface area (Å²) < 4.78 is 13.4. The third-order valence-corrected chi connectivity index (χ3v) is 2.90. The minimum atomic E-state index is -0.451. The topological polar surface area (TPSA) is 29.1 Å². The van der Waals surface area contributed by atoms with Crippen LogP contribution in [0.2, 0.25) is 5.02 Å². The van der Waals surface area contributed by atoms with E-state index < -0.39 is 5.82 Å². The van der Waals surface area contributed by atoms with Crippen molar-refractivity contribution in [2.24, 2.45) is 0 Å². The van der Waals surface area contributed by atoms with Crippen molar-refractivity contribution in [3.8, 4) is 0 Å². The fraction of sp³-hybridized carbons (Fsp3) is 0.417. The summed E-state index contributed by atoms with van der Waals surface area (Å²) in [4.78, 5) is 11.5. The van der Waals surface area contributed by atoms with Crippen LogP contribution in [0.3, 0.4) is 0 Å². The molecule has 94 valence electrons. The van der Waals surface area contributed by atoms with Crippen LogP contribution in [0, 0.1) is 5.82 Å². The van der Waals surface area contributed by atoms with E-state index >= 15 is 0 Å². The minimum absolute atomic E-state index is 0.0353. The van der Waals surface area contributed by atoms with Crippen LogP contribution in [0.25, 0.3) is 0 Å². The molecule has 2 nitrogen and oxygen atoms in total. The van der Waals surface area contributed by atoms with Crippen LogP contribution in [0.5, 0.6) is 0 Å². The molecule has 0 aliphatic rings. The van der Waals surface area contributed by atoms with E-state index in [1.807, 2.05) is 0 Å². The van der Waals surface area contributed by atoms with E-state index in [4.69, 9.17) is 23.2 Å². The summed E-state index contributed by atoms with van der Waals surface area (Å²) in [7, 11) is 0. The van der Waals surface area contributed by atoms with Crippen molar-refractivity contribution in [1.29, 1.82) is 0 Å². The van der Waals surface area contributed by atoms with E-state index in [9.17, 15) is 9.18 Å². The Bertz CT molecular complexity index is 365. The molecule has 17 heavy (non-hydrogen) atoms. The van der Waals surface area contributed by atoms with Crippen LogP contribution in [0.4, 0.5) is 4.39 Å². The summed E-state index contributed by atoms with van der Waals surface area (Å²) >= 11 is 11.3. The predicted octanol–water partition coefficient (Wildman–Crippen LogP) is 3.16. The Kier molecular flexibility index (Phi) is 6.30. The number of amides is 1. The lowest BCUT2D eigenvalue weighted by molar-refractivity contribution is -0.120. The molecule has 0 saturated heterocycles. The molecule has 0 radical (unpaired) electrons. The van der Waals surface area contributed by atoms with Gasteiger partial charge in [0.05, 0.1) is 6.42 Å². The van der Waals surface area contributed by atoms with Crippen molar-refractivity contribution < 1.29 is 9.18 Å². The van der Waals surface area contributed by atoms with Gasteiger partial charge in [-0.1, -0.05) is 17.7 Å². The molecule has 1 amide bonds. The highest BCUT2D eigenvalue weighted by atomic mass is 35.5. The molecule has 1 rings (SSSR count). The van der Waals surface area contributed by atoms with E-state index in [2.05, 4.69) is 5.32 Å². The Hall–Kier alpha value is -0.800. The fourth-order valence-electron chi connectivity index (χ4n) is 1.37. The zero-order valence-corrected chi connectivity index (χ0v) is 10.8. The molecule has 0 atom stereocenters. The second-order valence-corrected chi connectivity index (χ2v) is 4.41. The van der Waals surface area contributed by atoms with Gasteiger partial charge in [-0.15, -0.1) is 11.6 Å². The molecule has 0 aliphatic heterocycles. The molecule has 1 N–H and O–H groups in total. The Morgan fingerprint density at radius 2 is 2.12 bits per heavy atom. The van der Waals surface area contributed by atoms with Crippen molar-refractivity contribution in [2.75, 3.05) is 12.4 Å². The number of benzene rings is 1. The molecular weight excluding hydrogens is 264 g/mol. The van der Waals surface area contributed by atoms with Crippen LogP contribution in [-0.4, -0.2) is 18.3 Å². The van der Waals surface area contributed by atoms with E-state index in [-0.39, 0.29) is 22.9 Å². The molecule has 0 bridgehead atoms. The third-order valence-electron chi connectivity index (χ3n) is 2.28. The van der Waals surface area contributed by atoms with Gasteiger partial charge in [-0.3, -0.25) is 4.79 Å². The van der Waals surface area contributed by atoms with Gasteiger partial charge in [0.15, 0.2) is 0 Å². The number of halogens is 3. The number of hydrogen-bond acceptors (Lipinski definition) is 1. The lowest BCUT2D eigenvalue weighted by Gasteiger charge is -2.07. The Morgan fingerprint density at radius 1 is 1.35 bits per heavy atom. The van der Waals surface area contributed by atoms with Crippen LogP contribution in [-0.2, 0) is 11.2 Å². The highest BCUT2D eigenvalue weighted by Crippen LogP contribution is 2.19. The van der Waals surface area contributed by atoms with Crippen molar-refractivity contribution >= 4 is 29.1 Å². The highest BCUT2D eigenvalue weighted by Gasteiger charge is 2.11. The van der Waals surface area contributed by atoms with Crippen LogP contribution in [0.1, 0.15) is 18.4 Å². The summed E-state index contributed by atoms with van der Waals surface area (Å²) in [5.74, 6) is -0.102. The molecule has 0 spiro atoms. The monoisotopic (exact) mass is 277 g/mol. The quantitative estimate of drug-likeness (QED) is 0.628. The Labute approximate surface area is 110 Å². The van der Waals surface area contributed by atoms with Crippen molar-refractivity contribution in [2.45, 2.75) is 19.3 Å². The lowest BCUT2D eigenvalue weighted by Crippen LogP contribution is -2.26. The normalized spacial score (nSPS) is 10.3. The molecule has 1 aromatic rings. The van der Waals surface area contributed by atoms with Gasteiger partial charge in [0.2, 0.25) is 5.91 Å². The lowest BCUT2D eigenvalue weighted by atomic mass is 10.1. The summed E-state index contributed by atoms with van der Waals surface area (Å²) in [5.41, 5.74) is 0.240. The molecule has 1 aromatic carbocycles. The first-order valence-corrected chi connectivity index (χ1v) is 6.32. The average molecular weight is 278 g/mol. The predicted molar refractivity (Wildman–Crippen MR) is 68.1 cm³/mol. The van der Waals surface area contributed by atoms with E-state index in [0.29, 0.717) is 12.4 Å². The van der Waals surface area contributed by atoms with Gasteiger partial charge in [0.1, 0.15) is 5.82 Å². The molecule has 0 saturated carbocycles. The van der Waals surface area contributed by atoms with Gasteiger partial charge >= 0.3 is 0 Å². The van der Waals surface area contributed by atoms with Gasteiger partial charge in [-0.05, 0) is 25.0 Å². The average Bonchev–Trinajstić information content (AvgIpc) is 2.30. The highest BCUT2D eigenvalue weighted by molar-refractivity contribution is 6.31. The number of hydrogen-bond donors (Lipinski definition) is 1. The molecule has 0 unspecified atom stereocenters. The number of alkyl halides is 1. The van der Waals surface area contributed by atoms with Crippen LogP contribution < -0.4 is 5.32 Å². The van der Waals surface area contributed by atoms with Gasteiger partial charge in [0, 0.05) is 23.0 Å². The summed E-state index contributed by atoms with van der Waals surface area (Å²) in [5, 5.41) is 2.98. The number of carbonyl (C=O) groups is 1. The molecule has 0 aliphatic carbocycles. The second-order valence-electron chi connectivity index (χ2n) is 3.62.